The van der Waals surface area contributed by atoms with Crippen LogP contribution in [0.4, 0.5) is 10.5 Å². The van der Waals surface area contributed by atoms with Crippen LogP contribution in [0.15, 0.2) is 46.9 Å². The lowest BCUT2D eigenvalue weighted by Crippen LogP contribution is -2.17. The van der Waals surface area contributed by atoms with Crippen LogP contribution in [-0.4, -0.2) is 19.3 Å². The molecule has 4 nitrogen and oxygen atoms in total. The van der Waals surface area contributed by atoms with Crippen LogP contribution in [0.3, 0.4) is 0 Å². The van der Waals surface area contributed by atoms with E-state index < -0.39 is 6.09 Å². The topological polar surface area (TPSA) is 47.6 Å². The highest BCUT2D eigenvalue weighted by Crippen LogP contribution is 2.27. The van der Waals surface area contributed by atoms with Gasteiger partial charge in [0.15, 0.2) is 0 Å². The van der Waals surface area contributed by atoms with Crippen molar-refractivity contribution in [3.8, 4) is 5.75 Å². The molecule has 1 N–H and O–H groups in total. The third-order valence-electron chi connectivity index (χ3n) is 2.56. The summed E-state index contributed by atoms with van der Waals surface area (Å²) in [5, 5.41) is 3.54. The minimum absolute atomic E-state index is 0.0985. The summed E-state index contributed by atoms with van der Waals surface area (Å²) in [6, 6.07) is 12.1. The van der Waals surface area contributed by atoms with Crippen LogP contribution < -0.4 is 10.1 Å². The van der Waals surface area contributed by atoms with Gasteiger partial charge in [0.25, 0.3) is 0 Å². The van der Waals surface area contributed by atoms with Crippen molar-refractivity contribution in [3.05, 3.63) is 57.0 Å². The summed E-state index contributed by atoms with van der Waals surface area (Å²) in [6.07, 6.45) is -0.548. The maximum Gasteiger partial charge on any atom is 0.411 e. The van der Waals surface area contributed by atoms with Gasteiger partial charge in [0, 0.05) is 15.2 Å². The molecule has 0 atom stereocenters. The molecule has 0 saturated heterocycles. The predicted octanol–water partition coefficient (Wildman–Crippen LogP) is 5.38. The van der Waals surface area contributed by atoms with E-state index in [0.29, 0.717) is 21.5 Å². The monoisotopic (exact) mass is 403 g/mol. The molecule has 0 aromatic heterocycles. The van der Waals surface area contributed by atoms with Crippen molar-refractivity contribution in [1.29, 1.82) is 0 Å². The average molecular weight is 405 g/mol. The van der Waals surface area contributed by atoms with E-state index in [1.54, 1.807) is 30.3 Å². The molecule has 0 aliphatic heterocycles. The molecule has 0 unspecified atom stereocenters. The molecule has 0 spiro atoms. The predicted molar refractivity (Wildman–Crippen MR) is 91.1 cm³/mol. The van der Waals surface area contributed by atoms with Crippen LogP contribution in [-0.2, 0) is 4.74 Å². The van der Waals surface area contributed by atoms with Gasteiger partial charge < -0.3 is 9.47 Å². The number of amides is 1. The average Bonchev–Trinajstić information content (AvgIpc) is 2.48. The summed E-state index contributed by atoms with van der Waals surface area (Å²) in [7, 11) is 0. The van der Waals surface area contributed by atoms with Crippen molar-refractivity contribution in [1.82, 2.24) is 0 Å². The SMILES string of the molecule is O=C(Nc1ccc(Br)cc1)OCCOc1ccc(Cl)cc1Cl. The van der Waals surface area contributed by atoms with E-state index in [9.17, 15) is 4.79 Å². The smallest absolute Gasteiger partial charge is 0.411 e. The Morgan fingerprint density at radius 2 is 1.82 bits per heavy atom. The zero-order valence-corrected chi connectivity index (χ0v) is 14.4. The highest BCUT2D eigenvalue weighted by molar-refractivity contribution is 9.10. The first-order chi connectivity index (χ1) is 10.5. The minimum Gasteiger partial charge on any atom is -0.488 e. The Labute approximate surface area is 146 Å². The Kier molecular flexibility index (Phi) is 6.36. The molecule has 0 heterocycles. The Hall–Kier alpha value is -1.43. The van der Waals surface area contributed by atoms with E-state index in [-0.39, 0.29) is 13.2 Å². The minimum atomic E-state index is -0.548. The third kappa shape index (κ3) is 5.40. The van der Waals surface area contributed by atoms with E-state index in [0.717, 1.165) is 4.47 Å². The molecule has 0 fully saturated rings. The van der Waals surface area contributed by atoms with Gasteiger partial charge in [0.1, 0.15) is 19.0 Å². The van der Waals surface area contributed by atoms with Gasteiger partial charge in [-0.25, -0.2) is 4.79 Å². The van der Waals surface area contributed by atoms with Crippen LogP contribution in [0.5, 0.6) is 5.75 Å². The second kappa shape index (κ2) is 8.27. The number of carbonyl (C=O) groups is 1. The Balaban J connectivity index is 1.72. The van der Waals surface area contributed by atoms with Crippen molar-refractivity contribution < 1.29 is 14.3 Å². The van der Waals surface area contributed by atoms with Gasteiger partial charge in [-0.15, -0.1) is 0 Å². The fourth-order valence-corrected chi connectivity index (χ4v) is 2.29. The molecule has 7 heteroatoms. The van der Waals surface area contributed by atoms with Gasteiger partial charge in [-0.1, -0.05) is 39.1 Å². The van der Waals surface area contributed by atoms with E-state index in [4.69, 9.17) is 32.7 Å². The van der Waals surface area contributed by atoms with Crippen LogP contribution in [0, 0.1) is 0 Å². The molecule has 0 aliphatic rings. The summed E-state index contributed by atoms with van der Waals surface area (Å²) >= 11 is 15.1. The fraction of sp³-hybridized carbons (Fsp3) is 0.133. The summed E-state index contributed by atoms with van der Waals surface area (Å²) in [4.78, 5) is 11.6. The fourth-order valence-electron chi connectivity index (χ4n) is 1.57. The second-order valence-electron chi connectivity index (χ2n) is 4.19. The lowest BCUT2D eigenvalue weighted by atomic mass is 10.3. The first kappa shape index (κ1) is 16.9. The second-order valence-corrected chi connectivity index (χ2v) is 5.95. The molecule has 1 amide bonds. The van der Waals surface area contributed by atoms with Crippen LogP contribution in [0.25, 0.3) is 0 Å². The van der Waals surface area contributed by atoms with Gasteiger partial charge in [0.05, 0.1) is 5.02 Å². The van der Waals surface area contributed by atoms with Crippen molar-refractivity contribution in [2.24, 2.45) is 0 Å². The van der Waals surface area contributed by atoms with Crippen LogP contribution >= 0.6 is 39.1 Å². The molecular weight excluding hydrogens is 393 g/mol. The van der Waals surface area contributed by atoms with E-state index in [1.165, 1.54) is 0 Å². The van der Waals surface area contributed by atoms with Gasteiger partial charge in [0.2, 0.25) is 0 Å². The molecule has 2 aromatic carbocycles. The van der Waals surface area contributed by atoms with Crippen LogP contribution in [0.2, 0.25) is 10.0 Å². The number of hydrogen-bond donors (Lipinski definition) is 1. The number of rotatable bonds is 5. The molecule has 0 aliphatic carbocycles. The molecular formula is C15H12BrCl2NO3. The number of nitrogens with one attached hydrogen (secondary N) is 1. The summed E-state index contributed by atoms with van der Waals surface area (Å²) in [5.41, 5.74) is 0.648. The number of benzene rings is 2. The molecule has 2 aromatic rings. The Morgan fingerprint density at radius 3 is 2.50 bits per heavy atom. The maximum absolute atomic E-state index is 11.6. The normalized spacial score (nSPS) is 10.1. The summed E-state index contributed by atoms with van der Waals surface area (Å²) in [5.74, 6) is 0.489. The molecule has 0 saturated carbocycles. The van der Waals surface area contributed by atoms with Crippen molar-refractivity contribution in [3.63, 3.8) is 0 Å². The lowest BCUT2D eigenvalue weighted by molar-refractivity contribution is 0.138. The first-order valence-corrected chi connectivity index (χ1v) is 7.86. The number of halogens is 3. The largest absolute Gasteiger partial charge is 0.488 e. The standard InChI is InChI=1S/C15H12BrCl2NO3/c16-10-1-4-12(5-2-10)19-15(20)22-8-7-21-14-6-3-11(17)9-13(14)18/h1-6,9H,7-8H2,(H,19,20). The highest BCUT2D eigenvalue weighted by atomic mass is 79.9. The summed E-state index contributed by atoms with van der Waals surface area (Å²) in [6.45, 7) is 0.288. The number of hydrogen-bond acceptors (Lipinski definition) is 3. The van der Waals surface area contributed by atoms with Gasteiger partial charge >= 0.3 is 6.09 Å². The van der Waals surface area contributed by atoms with E-state index in [2.05, 4.69) is 21.2 Å². The quantitative estimate of drug-likeness (QED) is 0.680. The van der Waals surface area contributed by atoms with Gasteiger partial charge in [-0.3, -0.25) is 5.32 Å². The first-order valence-electron chi connectivity index (χ1n) is 6.32. The van der Waals surface area contributed by atoms with Gasteiger partial charge in [-0.05, 0) is 42.5 Å². The molecule has 116 valence electrons. The third-order valence-corrected chi connectivity index (χ3v) is 3.62. The zero-order chi connectivity index (χ0) is 15.9. The Morgan fingerprint density at radius 1 is 1.09 bits per heavy atom. The van der Waals surface area contributed by atoms with Gasteiger partial charge in [-0.2, -0.15) is 0 Å². The Bertz CT molecular complexity index is 650. The lowest BCUT2D eigenvalue weighted by Gasteiger charge is -2.09. The van der Waals surface area contributed by atoms with Crippen molar-refractivity contribution >= 4 is 50.9 Å². The molecule has 0 radical (unpaired) electrons. The summed E-state index contributed by atoms with van der Waals surface area (Å²) < 4.78 is 11.3. The number of carbonyl (C=O) groups excluding carboxylic acids is 1. The molecule has 2 rings (SSSR count). The molecule has 0 bridgehead atoms. The maximum atomic E-state index is 11.6. The van der Waals surface area contributed by atoms with Crippen molar-refractivity contribution in [2.45, 2.75) is 0 Å². The van der Waals surface area contributed by atoms with Crippen LogP contribution in [0.1, 0.15) is 0 Å². The highest BCUT2D eigenvalue weighted by Gasteiger charge is 2.05. The zero-order valence-electron chi connectivity index (χ0n) is 11.3. The number of anilines is 1. The number of ether oxygens (including phenoxy) is 2. The molecule has 22 heavy (non-hydrogen) atoms. The van der Waals surface area contributed by atoms with Crippen molar-refractivity contribution in [2.75, 3.05) is 18.5 Å². The van der Waals surface area contributed by atoms with E-state index in [1.807, 2.05) is 12.1 Å². The van der Waals surface area contributed by atoms with E-state index >= 15 is 0 Å².